The SMILES string of the molecule is CN=C(NCC(C)c1ccsc1)NCC1(c2ccccc2)CC1. The maximum absolute atomic E-state index is 4.36. The summed E-state index contributed by atoms with van der Waals surface area (Å²) in [6.45, 7) is 4.09. The zero-order valence-corrected chi connectivity index (χ0v) is 14.7. The maximum Gasteiger partial charge on any atom is 0.191 e. The summed E-state index contributed by atoms with van der Waals surface area (Å²) in [5, 5.41) is 11.3. The molecule has 1 aliphatic rings. The monoisotopic (exact) mass is 327 g/mol. The van der Waals surface area contributed by atoms with Gasteiger partial charge in [0.05, 0.1) is 0 Å². The van der Waals surface area contributed by atoms with Crippen LogP contribution in [-0.2, 0) is 5.41 Å². The van der Waals surface area contributed by atoms with Gasteiger partial charge in [0.25, 0.3) is 0 Å². The second kappa shape index (κ2) is 7.18. The van der Waals surface area contributed by atoms with Crippen LogP contribution in [0.5, 0.6) is 0 Å². The highest BCUT2D eigenvalue weighted by Crippen LogP contribution is 2.47. The number of aliphatic imine (C=N–C) groups is 1. The molecule has 0 spiro atoms. The zero-order valence-electron chi connectivity index (χ0n) is 13.9. The van der Waals surface area contributed by atoms with Crippen LogP contribution in [0.1, 0.15) is 36.8 Å². The van der Waals surface area contributed by atoms with E-state index in [1.807, 2.05) is 7.05 Å². The van der Waals surface area contributed by atoms with Crippen LogP contribution in [0, 0.1) is 0 Å². The first kappa shape index (κ1) is 16.1. The minimum Gasteiger partial charge on any atom is -0.356 e. The molecule has 1 atom stereocenters. The van der Waals surface area contributed by atoms with Gasteiger partial charge in [0.2, 0.25) is 0 Å². The molecule has 1 aromatic carbocycles. The second-order valence-corrected chi connectivity index (χ2v) is 7.19. The standard InChI is InChI=1S/C19H25N3S/c1-15(16-8-11-23-13-16)12-21-18(20-2)22-14-19(9-10-19)17-6-4-3-5-7-17/h3-8,11,13,15H,9-10,12,14H2,1-2H3,(H2,20,21,22). The Morgan fingerprint density at radius 3 is 2.61 bits per heavy atom. The van der Waals surface area contributed by atoms with Crippen LogP contribution in [0.25, 0.3) is 0 Å². The first-order valence-electron chi connectivity index (χ1n) is 8.26. The minimum absolute atomic E-state index is 0.303. The van der Waals surface area contributed by atoms with E-state index in [1.165, 1.54) is 24.0 Å². The lowest BCUT2D eigenvalue weighted by Crippen LogP contribution is -2.42. The Bertz CT molecular complexity index is 630. The molecule has 0 bridgehead atoms. The summed E-state index contributed by atoms with van der Waals surface area (Å²) < 4.78 is 0. The van der Waals surface area contributed by atoms with Crippen molar-refractivity contribution in [2.24, 2.45) is 4.99 Å². The molecular weight excluding hydrogens is 302 g/mol. The predicted octanol–water partition coefficient (Wildman–Crippen LogP) is 3.75. The molecule has 2 N–H and O–H groups in total. The van der Waals surface area contributed by atoms with Crippen LogP contribution < -0.4 is 10.6 Å². The molecule has 0 amide bonds. The third-order valence-electron chi connectivity index (χ3n) is 4.75. The molecule has 1 unspecified atom stereocenters. The number of hydrogen-bond acceptors (Lipinski definition) is 2. The van der Waals surface area contributed by atoms with E-state index < -0.39 is 0 Å². The fourth-order valence-corrected chi connectivity index (χ4v) is 3.69. The lowest BCUT2D eigenvalue weighted by molar-refractivity contribution is 0.636. The summed E-state index contributed by atoms with van der Waals surface area (Å²) in [6.07, 6.45) is 2.51. The van der Waals surface area contributed by atoms with Crippen LogP contribution in [-0.4, -0.2) is 26.1 Å². The number of rotatable bonds is 6. The number of benzene rings is 1. The minimum atomic E-state index is 0.303. The van der Waals surface area contributed by atoms with E-state index >= 15 is 0 Å². The largest absolute Gasteiger partial charge is 0.356 e. The summed E-state index contributed by atoms with van der Waals surface area (Å²) in [7, 11) is 1.84. The van der Waals surface area contributed by atoms with Crippen LogP contribution >= 0.6 is 11.3 Å². The van der Waals surface area contributed by atoms with E-state index in [1.54, 1.807) is 11.3 Å². The van der Waals surface area contributed by atoms with Crippen LogP contribution in [0.15, 0.2) is 52.2 Å². The van der Waals surface area contributed by atoms with Crippen molar-refractivity contribution in [1.82, 2.24) is 10.6 Å². The average Bonchev–Trinajstić information content (AvgIpc) is 3.18. The molecule has 1 aliphatic carbocycles. The predicted molar refractivity (Wildman–Crippen MR) is 99.5 cm³/mol. The Balaban J connectivity index is 1.51. The molecular formula is C19H25N3S. The van der Waals surface area contributed by atoms with Crippen molar-refractivity contribution in [2.75, 3.05) is 20.1 Å². The smallest absolute Gasteiger partial charge is 0.191 e. The Hall–Kier alpha value is -1.81. The van der Waals surface area contributed by atoms with E-state index in [2.05, 4.69) is 69.7 Å². The van der Waals surface area contributed by atoms with Gasteiger partial charge in [0.15, 0.2) is 5.96 Å². The first-order valence-corrected chi connectivity index (χ1v) is 9.20. The highest BCUT2D eigenvalue weighted by atomic mass is 32.1. The lowest BCUT2D eigenvalue weighted by Gasteiger charge is -2.20. The lowest BCUT2D eigenvalue weighted by atomic mass is 9.96. The Kier molecular flexibility index (Phi) is 5.01. The van der Waals surface area contributed by atoms with Gasteiger partial charge in [-0.1, -0.05) is 37.3 Å². The fraction of sp³-hybridized carbons (Fsp3) is 0.421. The topological polar surface area (TPSA) is 36.4 Å². The number of nitrogens with zero attached hydrogens (tertiary/aromatic N) is 1. The first-order chi connectivity index (χ1) is 11.2. The molecule has 1 aromatic heterocycles. The number of hydrogen-bond donors (Lipinski definition) is 2. The third-order valence-corrected chi connectivity index (χ3v) is 5.45. The van der Waals surface area contributed by atoms with Gasteiger partial charge in [0.1, 0.15) is 0 Å². The summed E-state index contributed by atoms with van der Waals surface area (Å²) >= 11 is 1.75. The Labute approximate surface area is 142 Å². The van der Waals surface area contributed by atoms with E-state index in [0.717, 1.165) is 19.0 Å². The average molecular weight is 327 g/mol. The van der Waals surface area contributed by atoms with Crippen LogP contribution in [0.4, 0.5) is 0 Å². The third kappa shape index (κ3) is 3.94. The molecule has 4 heteroatoms. The molecule has 0 aliphatic heterocycles. The molecule has 1 fully saturated rings. The molecule has 1 saturated carbocycles. The van der Waals surface area contributed by atoms with Crippen molar-refractivity contribution >= 4 is 17.3 Å². The van der Waals surface area contributed by atoms with Crippen molar-refractivity contribution in [3.05, 3.63) is 58.3 Å². The van der Waals surface area contributed by atoms with Crippen molar-refractivity contribution in [1.29, 1.82) is 0 Å². The normalized spacial score (nSPS) is 17.6. The van der Waals surface area contributed by atoms with Crippen molar-refractivity contribution in [3.63, 3.8) is 0 Å². The van der Waals surface area contributed by atoms with E-state index in [9.17, 15) is 0 Å². The van der Waals surface area contributed by atoms with Gasteiger partial charge < -0.3 is 10.6 Å². The van der Waals surface area contributed by atoms with Gasteiger partial charge in [-0.05, 0) is 46.7 Å². The molecule has 0 radical (unpaired) electrons. The van der Waals surface area contributed by atoms with Gasteiger partial charge in [-0.25, -0.2) is 0 Å². The Morgan fingerprint density at radius 1 is 1.22 bits per heavy atom. The molecule has 0 saturated heterocycles. The molecule has 23 heavy (non-hydrogen) atoms. The summed E-state index contributed by atoms with van der Waals surface area (Å²) in [6, 6.07) is 13.0. The van der Waals surface area contributed by atoms with E-state index in [4.69, 9.17) is 0 Å². The van der Waals surface area contributed by atoms with Gasteiger partial charge in [-0.15, -0.1) is 0 Å². The van der Waals surface area contributed by atoms with Crippen molar-refractivity contribution < 1.29 is 0 Å². The maximum atomic E-state index is 4.36. The fourth-order valence-electron chi connectivity index (χ4n) is 2.91. The van der Waals surface area contributed by atoms with Gasteiger partial charge in [-0.3, -0.25) is 4.99 Å². The molecule has 3 nitrogen and oxygen atoms in total. The van der Waals surface area contributed by atoms with Crippen molar-refractivity contribution in [2.45, 2.75) is 31.1 Å². The van der Waals surface area contributed by atoms with E-state index in [0.29, 0.717) is 11.3 Å². The summed E-state index contributed by atoms with van der Waals surface area (Å²) in [5.41, 5.74) is 3.13. The highest BCUT2D eigenvalue weighted by molar-refractivity contribution is 7.07. The molecule has 3 rings (SSSR count). The second-order valence-electron chi connectivity index (χ2n) is 6.41. The van der Waals surface area contributed by atoms with Crippen molar-refractivity contribution in [3.8, 4) is 0 Å². The van der Waals surface area contributed by atoms with Gasteiger partial charge in [-0.2, -0.15) is 11.3 Å². The van der Waals surface area contributed by atoms with Crippen LogP contribution in [0.2, 0.25) is 0 Å². The van der Waals surface area contributed by atoms with Crippen LogP contribution in [0.3, 0.4) is 0 Å². The Morgan fingerprint density at radius 2 is 2.00 bits per heavy atom. The van der Waals surface area contributed by atoms with Gasteiger partial charge >= 0.3 is 0 Å². The van der Waals surface area contributed by atoms with E-state index in [-0.39, 0.29) is 0 Å². The van der Waals surface area contributed by atoms with Gasteiger partial charge in [0, 0.05) is 25.6 Å². The number of guanidine groups is 1. The highest BCUT2D eigenvalue weighted by Gasteiger charge is 2.43. The quantitative estimate of drug-likeness (QED) is 0.626. The summed E-state index contributed by atoms with van der Waals surface area (Å²) in [4.78, 5) is 4.36. The summed E-state index contributed by atoms with van der Waals surface area (Å²) in [5.74, 6) is 1.39. The number of nitrogens with one attached hydrogen (secondary N) is 2. The zero-order chi connectivity index (χ0) is 16.1. The molecule has 1 heterocycles. The molecule has 122 valence electrons. The molecule has 2 aromatic rings. The number of thiophene rings is 1.